The van der Waals surface area contributed by atoms with Crippen LogP contribution in [0.15, 0.2) is 57.9 Å². The quantitative estimate of drug-likeness (QED) is 0.249. The van der Waals surface area contributed by atoms with E-state index in [-0.39, 0.29) is 55.1 Å². The fourth-order valence-electron chi connectivity index (χ4n) is 5.77. The highest BCUT2D eigenvalue weighted by Crippen LogP contribution is 2.33. The van der Waals surface area contributed by atoms with Gasteiger partial charge < -0.3 is 33.9 Å². The summed E-state index contributed by atoms with van der Waals surface area (Å²) in [6.45, 7) is 9.29. The largest absolute Gasteiger partial charge is 0.459 e. The van der Waals surface area contributed by atoms with Crippen LogP contribution in [-0.4, -0.2) is 85.9 Å². The number of rotatable bonds is 13. The molecule has 262 valence electrons. The lowest BCUT2D eigenvalue weighted by Gasteiger charge is -2.31. The van der Waals surface area contributed by atoms with Gasteiger partial charge in [0.2, 0.25) is 10.0 Å². The zero-order valence-corrected chi connectivity index (χ0v) is 28.8. The van der Waals surface area contributed by atoms with E-state index in [2.05, 4.69) is 10.5 Å². The predicted octanol–water partition coefficient (Wildman–Crippen LogP) is 4.02. The molecule has 1 amide bonds. The predicted molar refractivity (Wildman–Crippen MR) is 174 cm³/mol. The number of aliphatic hydroxyl groups is 1. The molecule has 14 heteroatoms. The maximum absolute atomic E-state index is 14.2. The summed E-state index contributed by atoms with van der Waals surface area (Å²) in [5.41, 5.74) is 0.727. The number of carbonyl (C=O) groups excluding carboxylic acids is 2. The first-order chi connectivity index (χ1) is 22.7. The summed E-state index contributed by atoms with van der Waals surface area (Å²) in [7, 11) is -4.17. The van der Waals surface area contributed by atoms with Crippen molar-refractivity contribution >= 4 is 33.1 Å². The van der Waals surface area contributed by atoms with Crippen molar-refractivity contribution in [3.05, 3.63) is 59.8 Å². The van der Waals surface area contributed by atoms with Gasteiger partial charge in [0.25, 0.3) is 0 Å². The third-order valence-corrected chi connectivity index (χ3v) is 10.2. The average Bonchev–Trinajstić information content (AvgIpc) is 3.76. The first kappa shape index (κ1) is 35.7. The average molecular weight is 688 g/mol. The van der Waals surface area contributed by atoms with Crippen LogP contribution in [0.1, 0.15) is 52.3 Å². The Bertz CT molecular complexity index is 1670. The Labute approximate surface area is 280 Å². The van der Waals surface area contributed by atoms with Gasteiger partial charge in [0.05, 0.1) is 41.6 Å². The molecule has 5 atom stereocenters. The van der Waals surface area contributed by atoms with Crippen molar-refractivity contribution in [2.24, 2.45) is 17.3 Å². The highest BCUT2D eigenvalue weighted by atomic mass is 32.2. The van der Waals surface area contributed by atoms with E-state index in [4.69, 9.17) is 23.5 Å². The van der Waals surface area contributed by atoms with Gasteiger partial charge in [-0.3, -0.25) is 4.79 Å². The number of alkyl carbamates (subject to hydrolysis) is 1. The summed E-state index contributed by atoms with van der Waals surface area (Å²) < 4.78 is 57.1. The van der Waals surface area contributed by atoms with Gasteiger partial charge in [-0.05, 0) is 63.3 Å². The van der Waals surface area contributed by atoms with Crippen LogP contribution in [0.5, 0.6) is 0 Å². The Hall–Kier alpha value is -3.56. The second-order valence-electron chi connectivity index (χ2n) is 13.8. The van der Waals surface area contributed by atoms with Crippen LogP contribution in [-0.2, 0) is 46.8 Å². The lowest BCUT2D eigenvalue weighted by Crippen LogP contribution is -2.51. The van der Waals surface area contributed by atoms with Crippen molar-refractivity contribution in [3.8, 4) is 0 Å². The van der Waals surface area contributed by atoms with E-state index in [1.165, 1.54) is 22.5 Å². The molecule has 48 heavy (non-hydrogen) atoms. The third-order valence-electron chi connectivity index (χ3n) is 8.38. The molecule has 0 radical (unpaired) electrons. The Morgan fingerprint density at radius 2 is 1.85 bits per heavy atom. The van der Waals surface area contributed by atoms with Gasteiger partial charge >= 0.3 is 12.1 Å². The van der Waals surface area contributed by atoms with Crippen molar-refractivity contribution in [3.63, 3.8) is 0 Å². The molecule has 0 spiro atoms. The fraction of sp³-hybridized carbons (Fsp3) is 0.559. The highest BCUT2D eigenvalue weighted by molar-refractivity contribution is 7.89. The molecule has 13 nitrogen and oxygen atoms in total. The number of hydrogen-bond acceptors (Lipinski definition) is 11. The van der Waals surface area contributed by atoms with Gasteiger partial charge in [-0.1, -0.05) is 49.3 Å². The molecule has 0 bridgehead atoms. The minimum Gasteiger partial charge on any atom is -0.459 e. The molecule has 2 aliphatic rings. The molecular weight excluding hydrogens is 642 g/mol. The molecule has 2 N–H and O–H groups in total. The van der Waals surface area contributed by atoms with E-state index in [1.54, 1.807) is 20.8 Å². The molecular formula is C34H45N3O10S. The lowest BCUT2D eigenvalue weighted by atomic mass is 9.97. The first-order valence-corrected chi connectivity index (χ1v) is 17.6. The second-order valence-corrected chi connectivity index (χ2v) is 15.7. The zero-order chi connectivity index (χ0) is 34.6. The Morgan fingerprint density at radius 3 is 2.56 bits per heavy atom. The molecule has 1 aromatic heterocycles. The number of benzene rings is 2. The number of hydrogen-bond donors (Lipinski definition) is 2. The number of carbonyl (C=O) groups is 2. The summed E-state index contributed by atoms with van der Waals surface area (Å²) in [5, 5.41) is 18.8. The van der Waals surface area contributed by atoms with E-state index in [1.807, 2.05) is 44.2 Å². The molecule has 3 heterocycles. The molecule has 2 fully saturated rings. The lowest BCUT2D eigenvalue weighted by molar-refractivity contribution is -0.154. The maximum atomic E-state index is 14.2. The Kier molecular flexibility index (Phi) is 11.1. The van der Waals surface area contributed by atoms with Crippen LogP contribution in [0, 0.1) is 17.3 Å². The maximum Gasteiger partial charge on any atom is 0.407 e. The molecule has 2 saturated heterocycles. The van der Waals surface area contributed by atoms with Gasteiger partial charge in [-0.15, -0.1) is 0 Å². The standard InChI is InChI=1S/C34H45N3O10S/c1-21(2)17-37(48(41,42)23-11-12-29-25(16-23)27(36-47-29)19-45-32(39)34(3,4)5)18-28(38)26(15-22-9-7-6-8-10-22)35-33(40)46-30-20-44-31-24(30)13-14-43-31/h6-12,16,21,24,26,28,30-31,38H,13-15,17-20H2,1-5H3,(H,35,40)/t24-,26-,28+,30-,31+/m0/s1. The van der Waals surface area contributed by atoms with E-state index in [0.717, 1.165) is 5.56 Å². The smallest absolute Gasteiger partial charge is 0.407 e. The summed E-state index contributed by atoms with van der Waals surface area (Å²) in [4.78, 5) is 25.4. The highest BCUT2D eigenvalue weighted by Gasteiger charge is 2.44. The molecule has 0 unspecified atom stereocenters. The van der Waals surface area contributed by atoms with Crippen molar-refractivity contribution in [2.75, 3.05) is 26.3 Å². The summed E-state index contributed by atoms with van der Waals surface area (Å²) in [6, 6.07) is 12.7. The zero-order valence-electron chi connectivity index (χ0n) is 28.0. The van der Waals surface area contributed by atoms with Gasteiger partial charge in [0.15, 0.2) is 11.9 Å². The fourth-order valence-corrected chi connectivity index (χ4v) is 7.42. The Balaban J connectivity index is 1.35. The van der Waals surface area contributed by atoms with E-state index in [0.29, 0.717) is 24.0 Å². The minimum absolute atomic E-state index is 0.0454. The van der Waals surface area contributed by atoms with E-state index >= 15 is 0 Å². The molecule has 2 aliphatic heterocycles. The molecule has 2 aromatic carbocycles. The third kappa shape index (κ3) is 8.53. The van der Waals surface area contributed by atoms with E-state index < -0.39 is 52.0 Å². The molecule has 3 aromatic rings. The normalized spacial score (nSPS) is 21.0. The number of sulfonamides is 1. The number of nitrogens with one attached hydrogen (secondary N) is 1. The molecule has 0 aliphatic carbocycles. The number of esters is 1. The van der Waals surface area contributed by atoms with Crippen molar-refractivity contribution in [1.29, 1.82) is 0 Å². The number of aliphatic hydroxyl groups excluding tert-OH is 1. The van der Waals surface area contributed by atoms with Crippen LogP contribution in [0.2, 0.25) is 0 Å². The van der Waals surface area contributed by atoms with Gasteiger partial charge in [0, 0.05) is 18.5 Å². The first-order valence-electron chi connectivity index (χ1n) is 16.2. The summed E-state index contributed by atoms with van der Waals surface area (Å²) in [6.07, 6.45) is -1.97. The van der Waals surface area contributed by atoms with Crippen molar-refractivity contribution in [1.82, 2.24) is 14.8 Å². The van der Waals surface area contributed by atoms with Crippen LogP contribution in [0.3, 0.4) is 0 Å². The van der Waals surface area contributed by atoms with Crippen molar-refractivity contribution < 1.29 is 46.6 Å². The SMILES string of the molecule is CC(C)CN(C[C@@H](O)[C@H](Cc1ccccc1)NC(=O)O[C@H]1CO[C@H]2OCC[C@H]21)S(=O)(=O)c1ccc2onc(COC(=O)C(C)(C)C)c2c1. The monoisotopic (exact) mass is 687 g/mol. The number of ether oxygens (including phenoxy) is 4. The Morgan fingerprint density at radius 1 is 1.10 bits per heavy atom. The summed E-state index contributed by atoms with van der Waals surface area (Å²) >= 11 is 0. The minimum atomic E-state index is -4.17. The number of nitrogens with zero attached hydrogens (tertiary/aromatic N) is 2. The van der Waals surface area contributed by atoms with Gasteiger partial charge in [-0.25, -0.2) is 13.2 Å². The van der Waals surface area contributed by atoms with Gasteiger partial charge in [-0.2, -0.15) is 4.31 Å². The van der Waals surface area contributed by atoms with E-state index in [9.17, 15) is 23.1 Å². The molecule has 5 rings (SSSR count). The molecule has 0 saturated carbocycles. The van der Waals surface area contributed by atoms with Crippen LogP contribution < -0.4 is 5.32 Å². The second kappa shape index (κ2) is 14.9. The number of aromatic nitrogens is 1. The van der Waals surface area contributed by atoms with Crippen LogP contribution in [0.4, 0.5) is 4.79 Å². The van der Waals surface area contributed by atoms with Crippen LogP contribution in [0.25, 0.3) is 11.0 Å². The number of fused-ring (bicyclic) bond motifs is 2. The summed E-state index contributed by atoms with van der Waals surface area (Å²) in [5.74, 6) is -0.586. The van der Waals surface area contributed by atoms with Crippen LogP contribution >= 0.6 is 0 Å². The van der Waals surface area contributed by atoms with Gasteiger partial charge in [0.1, 0.15) is 18.4 Å². The number of amides is 1. The van der Waals surface area contributed by atoms with Crippen molar-refractivity contribution in [2.45, 2.75) is 83.5 Å². The topological polar surface area (TPSA) is 167 Å².